The van der Waals surface area contributed by atoms with Crippen LogP contribution in [0.2, 0.25) is 0 Å². The summed E-state index contributed by atoms with van der Waals surface area (Å²) in [6.45, 7) is 0.877. The molecule has 0 saturated carbocycles. The first-order valence-electron chi connectivity index (χ1n) is 5.49. The monoisotopic (exact) mass is 273 g/mol. The molecular weight excluding hydrogens is 254 g/mol. The van der Waals surface area contributed by atoms with E-state index in [4.69, 9.17) is 10.5 Å². The van der Waals surface area contributed by atoms with Gasteiger partial charge >= 0.3 is 10.2 Å². The molecule has 7 heteroatoms. The van der Waals surface area contributed by atoms with Crippen molar-refractivity contribution >= 4 is 15.9 Å². The van der Waals surface area contributed by atoms with E-state index >= 15 is 0 Å². The van der Waals surface area contributed by atoms with Gasteiger partial charge in [0.15, 0.2) is 0 Å². The lowest BCUT2D eigenvalue weighted by atomic mass is 10.3. The van der Waals surface area contributed by atoms with Crippen LogP contribution in [0.5, 0.6) is 5.75 Å². The van der Waals surface area contributed by atoms with Crippen LogP contribution >= 0.6 is 0 Å². The second-order valence-corrected chi connectivity index (χ2v) is 6.06. The molecule has 1 aromatic rings. The van der Waals surface area contributed by atoms with E-state index in [2.05, 4.69) is 0 Å². The van der Waals surface area contributed by atoms with Crippen LogP contribution in [0.15, 0.2) is 24.3 Å². The van der Waals surface area contributed by atoms with Crippen molar-refractivity contribution in [1.29, 1.82) is 0 Å². The molecule has 0 saturated heterocycles. The van der Waals surface area contributed by atoms with Crippen molar-refractivity contribution in [2.75, 3.05) is 38.6 Å². The Morgan fingerprint density at radius 2 is 1.72 bits per heavy atom. The molecule has 0 atom stereocenters. The first kappa shape index (κ1) is 14.7. The minimum atomic E-state index is -3.45. The first-order valence-corrected chi connectivity index (χ1v) is 6.88. The molecule has 0 aliphatic heterocycles. The number of anilines is 1. The van der Waals surface area contributed by atoms with Crippen molar-refractivity contribution in [3.8, 4) is 5.75 Å². The predicted octanol–water partition coefficient (Wildman–Crippen LogP) is 0.267. The Labute approximate surface area is 108 Å². The minimum absolute atomic E-state index is 0.436. The highest BCUT2D eigenvalue weighted by atomic mass is 32.2. The van der Waals surface area contributed by atoms with Crippen LogP contribution < -0.4 is 14.8 Å². The van der Waals surface area contributed by atoms with E-state index in [1.54, 1.807) is 24.3 Å². The second-order valence-electron chi connectivity index (χ2n) is 3.89. The maximum Gasteiger partial charge on any atom is 0.303 e. The van der Waals surface area contributed by atoms with Gasteiger partial charge < -0.3 is 10.5 Å². The number of ether oxygens (including phenoxy) is 1. The molecule has 0 fully saturated rings. The minimum Gasteiger partial charge on any atom is -0.492 e. The van der Waals surface area contributed by atoms with E-state index < -0.39 is 10.2 Å². The highest BCUT2D eigenvalue weighted by Gasteiger charge is 2.20. The highest BCUT2D eigenvalue weighted by Crippen LogP contribution is 2.21. The Hall–Kier alpha value is -1.31. The zero-order valence-electron chi connectivity index (χ0n) is 10.8. The third kappa shape index (κ3) is 3.34. The molecule has 0 aliphatic carbocycles. The Kier molecular flexibility index (Phi) is 4.94. The molecule has 1 rings (SSSR count). The zero-order valence-corrected chi connectivity index (χ0v) is 11.6. The molecule has 1 aromatic carbocycles. The van der Waals surface area contributed by atoms with Crippen molar-refractivity contribution in [3.05, 3.63) is 24.3 Å². The summed E-state index contributed by atoms with van der Waals surface area (Å²) < 4.78 is 31.5. The smallest absolute Gasteiger partial charge is 0.303 e. The van der Waals surface area contributed by atoms with Crippen LogP contribution in [0.3, 0.4) is 0 Å². The molecule has 0 unspecified atom stereocenters. The Morgan fingerprint density at radius 1 is 1.17 bits per heavy atom. The Morgan fingerprint density at radius 3 is 2.17 bits per heavy atom. The number of hydrogen-bond donors (Lipinski definition) is 1. The lowest BCUT2D eigenvalue weighted by Crippen LogP contribution is -2.37. The Balaban J connectivity index is 2.85. The van der Waals surface area contributed by atoms with Gasteiger partial charge in [-0.25, -0.2) is 0 Å². The Bertz CT molecular complexity index is 471. The fraction of sp³-hybridized carbons (Fsp3) is 0.455. The maximum atomic E-state index is 11.9. The summed E-state index contributed by atoms with van der Waals surface area (Å²) in [5, 5.41) is 0. The first-order chi connectivity index (χ1) is 8.39. The molecule has 18 heavy (non-hydrogen) atoms. The summed E-state index contributed by atoms with van der Waals surface area (Å²) in [5.41, 5.74) is 5.90. The van der Waals surface area contributed by atoms with Gasteiger partial charge in [-0.15, -0.1) is 0 Å². The zero-order chi connectivity index (χ0) is 13.8. The number of benzene rings is 1. The van der Waals surface area contributed by atoms with Crippen LogP contribution in [0, 0.1) is 0 Å². The molecule has 2 N–H and O–H groups in total. The number of nitrogens with zero attached hydrogens (tertiary/aromatic N) is 2. The van der Waals surface area contributed by atoms with E-state index in [1.807, 2.05) is 0 Å². The summed E-state index contributed by atoms with van der Waals surface area (Å²) in [7, 11) is 1.03. The van der Waals surface area contributed by atoms with E-state index in [1.165, 1.54) is 25.4 Å². The fourth-order valence-corrected chi connectivity index (χ4v) is 2.19. The van der Waals surface area contributed by atoms with E-state index in [9.17, 15) is 8.42 Å². The lowest BCUT2D eigenvalue weighted by molar-refractivity contribution is 0.328. The van der Waals surface area contributed by atoms with Crippen molar-refractivity contribution in [3.63, 3.8) is 0 Å². The van der Waals surface area contributed by atoms with Gasteiger partial charge in [-0.1, -0.05) is 0 Å². The van der Waals surface area contributed by atoms with Gasteiger partial charge in [0.25, 0.3) is 0 Å². The third-order valence-corrected chi connectivity index (χ3v) is 4.22. The highest BCUT2D eigenvalue weighted by molar-refractivity contribution is 7.90. The second kappa shape index (κ2) is 6.03. The average molecular weight is 273 g/mol. The molecule has 0 spiro atoms. The summed E-state index contributed by atoms with van der Waals surface area (Å²) in [4.78, 5) is 0. The SMILES string of the molecule is CN(C)S(=O)(=O)N(C)c1ccc(OCCN)cc1. The topological polar surface area (TPSA) is 75.9 Å². The summed E-state index contributed by atoms with van der Waals surface area (Å²) in [6.07, 6.45) is 0. The summed E-state index contributed by atoms with van der Waals surface area (Å²) in [6, 6.07) is 6.80. The van der Waals surface area contributed by atoms with Crippen molar-refractivity contribution in [1.82, 2.24) is 4.31 Å². The van der Waals surface area contributed by atoms with Gasteiger partial charge in [0, 0.05) is 27.7 Å². The molecule has 0 amide bonds. The third-order valence-electron chi connectivity index (χ3n) is 2.39. The van der Waals surface area contributed by atoms with Gasteiger partial charge in [0.05, 0.1) is 5.69 Å². The molecule has 102 valence electrons. The largest absolute Gasteiger partial charge is 0.492 e. The van der Waals surface area contributed by atoms with Crippen molar-refractivity contribution in [2.45, 2.75) is 0 Å². The molecule has 0 bridgehead atoms. The van der Waals surface area contributed by atoms with Gasteiger partial charge in [0.2, 0.25) is 0 Å². The van der Waals surface area contributed by atoms with Crippen LogP contribution in [-0.2, 0) is 10.2 Å². The lowest BCUT2D eigenvalue weighted by Gasteiger charge is -2.23. The van der Waals surface area contributed by atoms with E-state index in [0.717, 1.165) is 4.31 Å². The van der Waals surface area contributed by atoms with Crippen LogP contribution in [0.25, 0.3) is 0 Å². The van der Waals surface area contributed by atoms with Gasteiger partial charge in [0.1, 0.15) is 12.4 Å². The number of rotatable bonds is 6. The molecular formula is C11H19N3O3S. The maximum absolute atomic E-state index is 11.9. The van der Waals surface area contributed by atoms with E-state index in [-0.39, 0.29) is 0 Å². The molecule has 0 aromatic heterocycles. The van der Waals surface area contributed by atoms with Crippen LogP contribution in [0.4, 0.5) is 5.69 Å². The molecule has 6 nitrogen and oxygen atoms in total. The summed E-state index contributed by atoms with van der Waals surface area (Å²) >= 11 is 0. The predicted molar refractivity (Wildman–Crippen MR) is 72.0 cm³/mol. The summed E-state index contributed by atoms with van der Waals surface area (Å²) in [5.74, 6) is 0.667. The molecule has 0 heterocycles. The van der Waals surface area contributed by atoms with Crippen molar-refractivity contribution < 1.29 is 13.2 Å². The normalized spacial score (nSPS) is 11.6. The van der Waals surface area contributed by atoms with Crippen LogP contribution in [0.1, 0.15) is 0 Å². The van der Waals surface area contributed by atoms with Gasteiger partial charge in [-0.05, 0) is 24.3 Å². The van der Waals surface area contributed by atoms with Gasteiger partial charge in [-0.3, -0.25) is 4.31 Å². The van der Waals surface area contributed by atoms with Gasteiger partial charge in [-0.2, -0.15) is 12.7 Å². The average Bonchev–Trinajstić information content (AvgIpc) is 2.35. The standard InChI is InChI=1S/C11H19N3O3S/c1-13(2)18(15,16)14(3)10-4-6-11(7-5-10)17-9-8-12/h4-7H,8-9,12H2,1-3H3. The van der Waals surface area contributed by atoms with Crippen molar-refractivity contribution in [2.24, 2.45) is 5.73 Å². The molecule has 0 aliphatic rings. The molecule has 0 radical (unpaired) electrons. The van der Waals surface area contributed by atoms with Crippen LogP contribution in [-0.4, -0.2) is 47.0 Å². The quantitative estimate of drug-likeness (QED) is 0.807. The van der Waals surface area contributed by atoms with E-state index in [0.29, 0.717) is 24.6 Å². The number of hydrogen-bond acceptors (Lipinski definition) is 4. The number of nitrogens with two attached hydrogens (primary N) is 1. The fourth-order valence-electron chi connectivity index (χ4n) is 1.31.